The zero-order valence-corrected chi connectivity index (χ0v) is 16.7. The lowest BCUT2D eigenvalue weighted by Crippen LogP contribution is -2.42. The predicted molar refractivity (Wildman–Crippen MR) is 111 cm³/mol. The van der Waals surface area contributed by atoms with Gasteiger partial charge < -0.3 is 15.5 Å². The van der Waals surface area contributed by atoms with Gasteiger partial charge in [-0.3, -0.25) is 0 Å². The molecule has 1 heterocycles. The van der Waals surface area contributed by atoms with Gasteiger partial charge in [-0.05, 0) is 62.5 Å². The van der Waals surface area contributed by atoms with Crippen molar-refractivity contribution < 1.29 is 0 Å². The molecule has 0 spiro atoms. The van der Waals surface area contributed by atoms with Crippen LogP contribution in [0.15, 0.2) is 23.2 Å². The molecule has 5 heteroatoms. The molecule has 1 aliphatic heterocycles. The number of guanidine groups is 1. The average molecular weight is 361 g/mol. The Balaban J connectivity index is 1.63. The molecule has 2 N–H and O–H groups in total. The van der Waals surface area contributed by atoms with Crippen LogP contribution >= 0.6 is 11.8 Å². The second-order valence-electron chi connectivity index (χ2n) is 7.20. The Kier molecular flexibility index (Phi) is 6.51. The number of hydrogen-bond donors (Lipinski definition) is 2. The van der Waals surface area contributed by atoms with Crippen LogP contribution in [0.2, 0.25) is 0 Å². The topological polar surface area (TPSA) is 39.7 Å². The fraction of sp³-hybridized carbons (Fsp3) is 0.650. The first-order chi connectivity index (χ1) is 12.2. The van der Waals surface area contributed by atoms with Gasteiger partial charge in [0.05, 0.1) is 6.54 Å². The van der Waals surface area contributed by atoms with E-state index in [9.17, 15) is 0 Å². The van der Waals surface area contributed by atoms with Crippen LogP contribution < -0.4 is 15.5 Å². The number of hydrogen-bond acceptors (Lipinski definition) is 3. The summed E-state index contributed by atoms with van der Waals surface area (Å²) in [5.74, 6) is 0.962. The van der Waals surface area contributed by atoms with E-state index in [2.05, 4.69) is 54.0 Å². The van der Waals surface area contributed by atoms with Crippen LogP contribution in [0, 0.1) is 0 Å². The highest BCUT2D eigenvalue weighted by molar-refractivity contribution is 7.99. The van der Waals surface area contributed by atoms with Crippen molar-refractivity contribution in [3.05, 3.63) is 29.3 Å². The first-order valence-corrected chi connectivity index (χ1v) is 10.9. The molecule has 3 rings (SSSR count). The van der Waals surface area contributed by atoms with Gasteiger partial charge in [0.1, 0.15) is 0 Å². The Morgan fingerprint density at radius 1 is 1.36 bits per heavy atom. The van der Waals surface area contributed by atoms with E-state index >= 15 is 0 Å². The molecule has 2 aliphatic rings. The van der Waals surface area contributed by atoms with Crippen LogP contribution in [0.1, 0.15) is 43.7 Å². The lowest BCUT2D eigenvalue weighted by Gasteiger charge is -2.27. The SMILES string of the molecule is CCNC(=NCc1ccc2c(c1)CCCN2C)NC1CCC(SC)C1. The minimum absolute atomic E-state index is 0.562. The Morgan fingerprint density at radius 2 is 2.24 bits per heavy atom. The van der Waals surface area contributed by atoms with Gasteiger partial charge in [0.15, 0.2) is 5.96 Å². The third-order valence-corrected chi connectivity index (χ3v) is 6.41. The van der Waals surface area contributed by atoms with E-state index < -0.39 is 0 Å². The van der Waals surface area contributed by atoms with Crippen LogP contribution in [0.4, 0.5) is 5.69 Å². The maximum Gasteiger partial charge on any atom is 0.191 e. The molecule has 0 radical (unpaired) electrons. The number of aliphatic imine (C=N–C) groups is 1. The number of nitrogens with zero attached hydrogens (tertiary/aromatic N) is 2. The molecule has 1 aromatic carbocycles. The molecule has 2 unspecified atom stereocenters. The summed E-state index contributed by atoms with van der Waals surface area (Å²) in [6.45, 7) is 4.94. The molecule has 2 atom stereocenters. The highest BCUT2D eigenvalue weighted by atomic mass is 32.2. The smallest absolute Gasteiger partial charge is 0.191 e. The standard InChI is InChI=1S/C20H32N4S/c1-4-21-20(23-17-8-9-18(13-17)25-3)22-14-15-7-10-19-16(12-15)6-5-11-24(19)2/h7,10,12,17-18H,4-6,8-9,11,13-14H2,1-3H3,(H2,21,22,23). The number of nitrogens with one attached hydrogen (secondary N) is 2. The number of benzene rings is 1. The van der Waals surface area contributed by atoms with Crippen molar-refractivity contribution >= 4 is 23.4 Å². The zero-order chi connectivity index (χ0) is 17.6. The minimum Gasteiger partial charge on any atom is -0.374 e. The van der Waals surface area contributed by atoms with Crippen molar-refractivity contribution in [2.24, 2.45) is 4.99 Å². The van der Waals surface area contributed by atoms with Gasteiger partial charge in [-0.1, -0.05) is 12.1 Å². The van der Waals surface area contributed by atoms with Gasteiger partial charge in [0.2, 0.25) is 0 Å². The first kappa shape index (κ1) is 18.4. The molecule has 0 aromatic heterocycles. The summed E-state index contributed by atoms with van der Waals surface area (Å²) in [6.07, 6.45) is 8.47. The van der Waals surface area contributed by atoms with Gasteiger partial charge in [-0.2, -0.15) is 11.8 Å². The lowest BCUT2D eigenvalue weighted by atomic mass is 10.00. The Hall–Kier alpha value is -1.36. The third kappa shape index (κ3) is 4.84. The number of aryl methyl sites for hydroxylation is 1. The lowest BCUT2D eigenvalue weighted by molar-refractivity contribution is 0.615. The molecule has 0 bridgehead atoms. The van der Waals surface area contributed by atoms with Crippen molar-refractivity contribution in [1.29, 1.82) is 0 Å². The third-order valence-electron chi connectivity index (χ3n) is 5.32. The normalized spacial score (nSPS) is 23.5. The molecule has 4 nitrogen and oxygen atoms in total. The number of anilines is 1. The molecule has 138 valence electrons. The van der Waals surface area contributed by atoms with E-state index in [-0.39, 0.29) is 0 Å². The number of rotatable bonds is 5. The molecule has 0 saturated heterocycles. The largest absolute Gasteiger partial charge is 0.374 e. The van der Waals surface area contributed by atoms with Crippen LogP contribution in [0.25, 0.3) is 0 Å². The van der Waals surface area contributed by atoms with Crippen LogP contribution in [-0.2, 0) is 13.0 Å². The van der Waals surface area contributed by atoms with E-state index in [1.807, 2.05) is 11.8 Å². The zero-order valence-electron chi connectivity index (χ0n) is 15.8. The van der Waals surface area contributed by atoms with Crippen LogP contribution in [0.3, 0.4) is 0 Å². The summed E-state index contributed by atoms with van der Waals surface area (Å²) < 4.78 is 0. The Bertz CT molecular complexity index is 601. The van der Waals surface area contributed by atoms with Gasteiger partial charge in [-0.25, -0.2) is 4.99 Å². The second-order valence-corrected chi connectivity index (χ2v) is 8.33. The Labute approximate surface area is 156 Å². The van der Waals surface area contributed by atoms with Crippen molar-refractivity contribution in [3.8, 4) is 0 Å². The molecule has 1 aliphatic carbocycles. The summed E-state index contributed by atoms with van der Waals surface area (Å²) in [6, 6.07) is 7.40. The van der Waals surface area contributed by atoms with E-state index in [0.29, 0.717) is 6.04 Å². The van der Waals surface area contributed by atoms with Gasteiger partial charge in [0, 0.05) is 37.1 Å². The highest BCUT2D eigenvalue weighted by Crippen LogP contribution is 2.28. The quantitative estimate of drug-likeness (QED) is 0.624. The van der Waals surface area contributed by atoms with Gasteiger partial charge >= 0.3 is 0 Å². The predicted octanol–water partition coefficient (Wildman–Crippen LogP) is 3.41. The summed E-state index contributed by atoms with van der Waals surface area (Å²) in [5, 5.41) is 7.85. The summed E-state index contributed by atoms with van der Waals surface area (Å²) in [7, 11) is 2.19. The number of thioether (sulfide) groups is 1. The van der Waals surface area contributed by atoms with Gasteiger partial charge in [-0.15, -0.1) is 0 Å². The van der Waals surface area contributed by atoms with E-state index in [4.69, 9.17) is 4.99 Å². The fourth-order valence-corrected chi connectivity index (χ4v) is 4.70. The summed E-state index contributed by atoms with van der Waals surface area (Å²) >= 11 is 2.00. The van der Waals surface area contributed by atoms with Crippen molar-refractivity contribution in [2.45, 2.75) is 56.9 Å². The molecule has 25 heavy (non-hydrogen) atoms. The van der Waals surface area contributed by atoms with Crippen LogP contribution in [0.5, 0.6) is 0 Å². The van der Waals surface area contributed by atoms with Crippen molar-refractivity contribution in [3.63, 3.8) is 0 Å². The van der Waals surface area contributed by atoms with E-state index in [1.165, 1.54) is 48.9 Å². The summed E-state index contributed by atoms with van der Waals surface area (Å²) in [5.41, 5.74) is 4.16. The molecule has 0 amide bonds. The molecular formula is C20H32N4S. The highest BCUT2D eigenvalue weighted by Gasteiger charge is 2.24. The maximum absolute atomic E-state index is 4.84. The van der Waals surface area contributed by atoms with Crippen molar-refractivity contribution in [1.82, 2.24) is 10.6 Å². The molecule has 1 fully saturated rings. The van der Waals surface area contributed by atoms with Crippen LogP contribution in [-0.4, -0.2) is 43.6 Å². The minimum atomic E-state index is 0.562. The molecule has 1 saturated carbocycles. The second kappa shape index (κ2) is 8.84. The average Bonchev–Trinajstić information content (AvgIpc) is 3.07. The van der Waals surface area contributed by atoms with Gasteiger partial charge in [0.25, 0.3) is 0 Å². The maximum atomic E-state index is 4.84. The monoisotopic (exact) mass is 360 g/mol. The molecular weight excluding hydrogens is 328 g/mol. The van der Waals surface area contributed by atoms with E-state index in [1.54, 1.807) is 0 Å². The number of fused-ring (bicyclic) bond motifs is 1. The molecule has 1 aromatic rings. The van der Waals surface area contributed by atoms with Crippen molar-refractivity contribution in [2.75, 3.05) is 31.3 Å². The Morgan fingerprint density at radius 3 is 3.00 bits per heavy atom. The first-order valence-electron chi connectivity index (χ1n) is 9.60. The van der Waals surface area contributed by atoms with E-state index in [0.717, 1.165) is 30.8 Å². The summed E-state index contributed by atoms with van der Waals surface area (Å²) in [4.78, 5) is 7.20. The fourth-order valence-electron chi connectivity index (χ4n) is 3.91.